The Balaban J connectivity index is 4.66. The summed E-state index contributed by atoms with van der Waals surface area (Å²) in [4.78, 5) is 69.4. The van der Waals surface area contributed by atoms with Gasteiger partial charge in [0.25, 0.3) is 0 Å². The second-order valence-electron chi connectivity index (χ2n) is 2.89. The van der Waals surface area contributed by atoms with Crippen LogP contribution >= 0.6 is 34.4 Å². The van der Waals surface area contributed by atoms with E-state index in [2.05, 4.69) is 18.1 Å². The standard InChI is InChI=1S/C4H14O12P4/c5-17(6)13-1-3(15-19(9)10)4(16-20(11)12)2-14-18(7)8/h3-12H,1-2H2/t3-,4+. The van der Waals surface area contributed by atoms with E-state index in [1.807, 2.05) is 0 Å². The molecule has 0 aromatic rings. The molecule has 0 saturated carbocycles. The van der Waals surface area contributed by atoms with Crippen LogP contribution in [-0.4, -0.2) is 64.6 Å². The van der Waals surface area contributed by atoms with Gasteiger partial charge in [0.15, 0.2) is 0 Å². The van der Waals surface area contributed by atoms with Crippen LogP contribution in [0.5, 0.6) is 0 Å². The van der Waals surface area contributed by atoms with Crippen molar-refractivity contribution in [3.8, 4) is 0 Å². The average molecular weight is 378 g/mol. The Morgan fingerprint density at radius 1 is 0.550 bits per heavy atom. The Labute approximate surface area is 118 Å². The van der Waals surface area contributed by atoms with Gasteiger partial charge < -0.3 is 57.2 Å². The first kappa shape index (κ1) is 21.2. The summed E-state index contributed by atoms with van der Waals surface area (Å²) in [5.41, 5.74) is 0. The largest absolute Gasteiger partial charge is 0.328 e. The van der Waals surface area contributed by atoms with E-state index in [-0.39, 0.29) is 0 Å². The molecule has 0 aromatic heterocycles. The summed E-state index contributed by atoms with van der Waals surface area (Å²) in [6.07, 6.45) is -2.81. The molecule has 0 rings (SSSR count). The van der Waals surface area contributed by atoms with E-state index in [1.165, 1.54) is 0 Å². The van der Waals surface area contributed by atoms with Crippen molar-refractivity contribution < 1.29 is 57.2 Å². The van der Waals surface area contributed by atoms with Gasteiger partial charge in [0.05, 0.1) is 13.2 Å². The van der Waals surface area contributed by atoms with Gasteiger partial charge in [0.1, 0.15) is 12.2 Å². The van der Waals surface area contributed by atoms with Crippen molar-refractivity contribution in [2.45, 2.75) is 12.2 Å². The molecule has 0 aliphatic carbocycles. The van der Waals surface area contributed by atoms with Crippen molar-refractivity contribution in [3.05, 3.63) is 0 Å². The van der Waals surface area contributed by atoms with E-state index in [4.69, 9.17) is 39.1 Å². The number of hydrogen-bond acceptors (Lipinski definition) is 12. The molecule has 0 radical (unpaired) electrons. The lowest BCUT2D eigenvalue weighted by Gasteiger charge is -2.26. The van der Waals surface area contributed by atoms with Crippen LogP contribution in [0.1, 0.15) is 0 Å². The molecule has 0 saturated heterocycles. The van der Waals surface area contributed by atoms with E-state index >= 15 is 0 Å². The van der Waals surface area contributed by atoms with Gasteiger partial charge in [-0.15, -0.1) is 0 Å². The Morgan fingerprint density at radius 3 is 1.05 bits per heavy atom. The molecule has 16 heteroatoms. The summed E-state index contributed by atoms with van der Waals surface area (Å²) in [5.74, 6) is 0. The maximum Gasteiger partial charge on any atom is 0.327 e. The fraction of sp³-hybridized carbons (Fsp3) is 1.00. The van der Waals surface area contributed by atoms with Crippen LogP contribution in [0.2, 0.25) is 0 Å². The Bertz CT molecular complexity index is 215. The minimum atomic E-state index is -2.90. The molecule has 0 aromatic carbocycles. The van der Waals surface area contributed by atoms with Crippen molar-refractivity contribution in [1.82, 2.24) is 0 Å². The van der Waals surface area contributed by atoms with Crippen molar-refractivity contribution in [2.24, 2.45) is 0 Å². The van der Waals surface area contributed by atoms with Crippen molar-refractivity contribution in [1.29, 1.82) is 0 Å². The lowest BCUT2D eigenvalue weighted by Crippen LogP contribution is -2.36. The molecule has 0 spiro atoms. The smallest absolute Gasteiger partial charge is 0.327 e. The minimum absolute atomic E-state index is 0.620. The maximum atomic E-state index is 8.76. The van der Waals surface area contributed by atoms with Gasteiger partial charge in [-0.25, -0.2) is 0 Å². The zero-order chi connectivity index (χ0) is 15.7. The molecule has 0 aliphatic rings. The molecule has 0 unspecified atom stereocenters. The van der Waals surface area contributed by atoms with Gasteiger partial charge in [-0.05, 0) is 0 Å². The summed E-state index contributed by atoms with van der Waals surface area (Å²) in [5, 5.41) is 0. The third-order valence-electron chi connectivity index (χ3n) is 1.58. The molecular formula is C4H14O12P4. The first-order valence-corrected chi connectivity index (χ1v) is 9.19. The highest BCUT2D eigenvalue weighted by atomic mass is 31.2. The summed E-state index contributed by atoms with van der Waals surface area (Å²) in [7, 11) is -11.3. The van der Waals surface area contributed by atoms with E-state index < -0.39 is 59.8 Å². The summed E-state index contributed by atoms with van der Waals surface area (Å²) in [6, 6.07) is 0. The van der Waals surface area contributed by atoms with Gasteiger partial charge in [-0.2, -0.15) is 0 Å². The Hall–Kier alpha value is 1.24. The molecule has 0 fully saturated rings. The normalized spacial score (nSPS) is 15.6. The quantitative estimate of drug-likeness (QED) is 0.197. The predicted octanol–water partition coefficient (Wildman–Crippen LogP) is -1.36. The van der Waals surface area contributed by atoms with Crippen LogP contribution in [0.15, 0.2) is 0 Å². The highest BCUT2D eigenvalue weighted by Gasteiger charge is 2.30. The van der Waals surface area contributed by atoms with E-state index in [9.17, 15) is 0 Å². The van der Waals surface area contributed by atoms with E-state index in [0.717, 1.165) is 0 Å². The van der Waals surface area contributed by atoms with Gasteiger partial charge in [0, 0.05) is 0 Å². The lowest BCUT2D eigenvalue weighted by molar-refractivity contribution is -0.0149. The fourth-order valence-corrected chi connectivity index (χ4v) is 2.37. The minimum Gasteiger partial charge on any atom is -0.328 e. The maximum absolute atomic E-state index is 8.76. The van der Waals surface area contributed by atoms with Crippen LogP contribution < -0.4 is 0 Å². The molecule has 8 N–H and O–H groups in total. The van der Waals surface area contributed by atoms with Crippen LogP contribution in [0.25, 0.3) is 0 Å². The van der Waals surface area contributed by atoms with Gasteiger partial charge in [0.2, 0.25) is 0 Å². The molecule has 122 valence electrons. The van der Waals surface area contributed by atoms with E-state index in [1.54, 1.807) is 0 Å². The van der Waals surface area contributed by atoms with Crippen LogP contribution in [-0.2, 0) is 18.1 Å². The third-order valence-corrected chi connectivity index (χ3v) is 3.26. The topological polar surface area (TPSA) is 199 Å². The molecule has 0 aliphatic heterocycles. The van der Waals surface area contributed by atoms with Crippen LogP contribution in [0.3, 0.4) is 0 Å². The van der Waals surface area contributed by atoms with Gasteiger partial charge in [-0.3, -0.25) is 0 Å². The molecule has 0 heterocycles. The highest BCUT2D eigenvalue weighted by molar-refractivity contribution is 7.40. The lowest BCUT2D eigenvalue weighted by atomic mass is 10.2. The average Bonchev–Trinajstić information content (AvgIpc) is 2.28. The zero-order valence-corrected chi connectivity index (χ0v) is 13.1. The highest BCUT2D eigenvalue weighted by Crippen LogP contribution is 2.37. The van der Waals surface area contributed by atoms with E-state index in [0.29, 0.717) is 0 Å². The molecule has 20 heavy (non-hydrogen) atoms. The monoisotopic (exact) mass is 378 g/mol. The summed E-state index contributed by atoms with van der Waals surface area (Å²) >= 11 is 0. The third kappa shape index (κ3) is 11.9. The fourth-order valence-electron chi connectivity index (χ4n) is 0.934. The SMILES string of the molecule is OP(O)OC[C@H](OP(O)O)[C@@H](COP(O)O)OP(O)O. The second-order valence-corrected chi connectivity index (χ2v) is 5.85. The number of hydrogen-bond donors (Lipinski definition) is 8. The molecule has 12 nitrogen and oxygen atoms in total. The van der Waals surface area contributed by atoms with Crippen molar-refractivity contribution in [2.75, 3.05) is 13.2 Å². The Kier molecular flexibility index (Phi) is 12.5. The van der Waals surface area contributed by atoms with Gasteiger partial charge >= 0.3 is 34.4 Å². The number of rotatable bonds is 11. The first-order valence-electron chi connectivity index (χ1n) is 4.53. The predicted molar refractivity (Wildman–Crippen MR) is 67.1 cm³/mol. The molecule has 0 amide bonds. The second kappa shape index (κ2) is 11.8. The zero-order valence-electron chi connectivity index (χ0n) is 9.57. The van der Waals surface area contributed by atoms with Crippen LogP contribution in [0, 0.1) is 0 Å². The van der Waals surface area contributed by atoms with Crippen molar-refractivity contribution in [3.63, 3.8) is 0 Å². The summed E-state index contributed by atoms with van der Waals surface area (Å²) < 4.78 is 17.9. The molecule has 0 bridgehead atoms. The van der Waals surface area contributed by atoms with Gasteiger partial charge in [-0.1, -0.05) is 0 Å². The molecular weight excluding hydrogens is 364 g/mol. The van der Waals surface area contributed by atoms with Crippen LogP contribution in [0.4, 0.5) is 0 Å². The Morgan fingerprint density at radius 2 is 0.850 bits per heavy atom. The first-order chi connectivity index (χ1) is 9.22. The molecule has 2 atom stereocenters. The summed E-state index contributed by atoms with van der Waals surface area (Å²) in [6.45, 7) is -1.24. The van der Waals surface area contributed by atoms with Crippen molar-refractivity contribution >= 4 is 34.4 Å².